The van der Waals surface area contributed by atoms with Crippen LogP contribution in [0.25, 0.3) is 0 Å². The largest absolute Gasteiger partial charge is 0.493 e. The number of hydrogen-bond donors (Lipinski definition) is 1. The predicted molar refractivity (Wildman–Crippen MR) is 203 cm³/mol. The van der Waals surface area contributed by atoms with Gasteiger partial charge >= 0.3 is 11.9 Å². The zero-order valence-electron chi connectivity index (χ0n) is 32.3. The van der Waals surface area contributed by atoms with Crippen LogP contribution in [0.15, 0.2) is 18.2 Å². The average Bonchev–Trinajstić information content (AvgIpc) is 3.13. The molecule has 0 aliphatic rings. The number of hydrogen-bond acceptors (Lipinski definition) is 8. The van der Waals surface area contributed by atoms with Crippen LogP contribution in [0.1, 0.15) is 165 Å². The van der Waals surface area contributed by atoms with E-state index in [-0.39, 0.29) is 30.7 Å². The second-order valence-corrected chi connectivity index (χ2v) is 13.5. The molecule has 1 N–H and O–H groups in total. The van der Waals surface area contributed by atoms with Crippen molar-refractivity contribution in [2.75, 3.05) is 53.6 Å². The van der Waals surface area contributed by atoms with Crippen molar-refractivity contribution >= 4 is 17.8 Å². The number of nitrogens with one attached hydrogen (secondary N) is 1. The van der Waals surface area contributed by atoms with Crippen molar-refractivity contribution in [3.8, 4) is 11.5 Å². The molecule has 0 bridgehead atoms. The van der Waals surface area contributed by atoms with Crippen molar-refractivity contribution in [3.63, 3.8) is 0 Å². The molecule has 0 aliphatic carbocycles. The van der Waals surface area contributed by atoms with E-state index in [1.165, 1.54) is 117 Å². The van der Waals surface area contributed by atoms with Crippen LogP contribution in [0.2, 0.25) is 0 Å². The summed E-state index contributed by atoms with van der Waals surface area (Å²) in [7, 11) is 2.71. The summed E-state index contributed by atoms with van der Waals surface area (Å²) in [5.74, 6) is 0.419. The summed E-state index contributed by atoms with van der Waals surface area (Å²) in [6.07, 6.45) is 25.7. The lowest BCUT2D eigenvalue weighted by Crippen LogP contribution is -2.37. The van der Waals surface area contributed by atoms with Gasteiger partial charge in [0.05, 0.1) is 40.3 Å². The molecule has 0 spiro atoms. The first-order chi connectivity index (χ1) is 24.4. The molecule has 0 heterocycles. The Hall–Kier alpha value is -2.81. The average molecular weight is 705 g/mol. The van der Waals surface area contributed by atoms with Gasteiger partial charge in [-0.2, -0.15) is 0 Å². The van der Waals surface area contributed by atoms with Gasteiger partial charge in [0.2, 0.25) is 0 Å². The van der Waals surface area contributed by atoms with Crippen LogP contribution in [-0.2, 0) is 19.1 Å². The minimum absolute atomic E-state index is 0.198. The summed E-state index contributed by atoms with van der Waals surface area (Å²) < 4.78 is 21.8. The molecule has 1 aromatic carbocycles. The smallest absolute Gasteiger partial charge is 0.306 e. The van der Waals surface area contributed by atoms with Crippen molar-refractivity contribution in [2.24, 2.45) is 0 Å². The van der Waals surface area contributed by atoms with Crippen molar-refractivity contribution < 1.29 is 33.3 Å². The number of rotatable bonds is 34. The second-order valence-electron chi connectivity index (χ2n) is 13.5. The van der Waals surface area contributed by atoms with E-state index in [2.05, 4.69) is 19.2 Å². The molecule has 0 aromatic heterocycles. The number of ether oxygens (including phenoxy) is 4. The van der Waals surface area contributed by atoms with Crippen LogP contribution >= 0.6 is 0 Å². The highest BCUT2D eigenvalue weighted by atomic mass is 16.5. The minimum atomic E-state index is -0.322. The van der Waals surface area contributed by atoms with Gasteiger partial charge < -0.3 is 29.2 Å². The number of amides is 1. The summed E-state index contributed by atoms with van der Waals surface area (Å²) in [6, 6.07) is 5.46. The van der Waals surface area contributed by atoms with Gasteiger partial charge in [0.1, 0.15) is 11.5 Å². The zero-order valence-corrected chi connectivity index (χ0v) is 32.3. The number of methoxy groups -OCH3 is 2. The molecule has 1 amide bonds. The fourth-order valence-corrected chi connectivity index (χ4v) is 5.90. The minimum Gasteiger partial charge on any atom is -0.493 e. The summed E-state index contributed by atoms with van der Waals surface area (Å²) in [6.45, 7) is 7.37. The topological polar surface area (TPSA) is 103 Å². The van der Waals surface area contributed by atoms with Crippen molar-refractivity contribution in [1.29, 1.82) is 0 Å². The number of carbonyl (C=O) groups is 3. The molecule has 0 atom stereocenters. The van der Waals surface area contributed by atoms with Crippen molar-refractivity contribution in [1.82, 2.24) is 10.2 Å². The van der Waals surface area contributed by atoms with E-state index in [4.69, 9.17) is 18.9 Å². The monoisotopic (exact) mass is 705 g/mol. The Morgan fingerprint density at radius 1 is 0.540 bits per heavy atom. The molecule has 1 aromatic rings. The van der Waals surface area contributed by atoms with Crippen LogP contribution in [0, 0.1) is 0 Å². The molecule has 1 rings (SSSR count). The van der Waals surface area contributed by atoms with E-state index in [0.29, 0.717) is 56.5 Å². The molecule has 0 saturated heterocycles. The molecule has 288 valence electrons. The van der Waals surface area contributed by atoms with E-state index in [1.54, 1.807) is 12.1 Å². The van der Waals surface area contributed by atoms with E-state index in [1.807, 2.05) is 11.0 Å². The summed E-state index contributed by atoms with van der Waals surface area (Å²) in [5, 5.41) is 2.99. The molecule has 9 heteroatoms. The van der Waals surface area contributed by atoms with Gasteiger partial charge in [-0.3, -0.25) is 14.4 Å². The SMILES string of the molecule is CCCCCCCCCCCCOc1cc(OCCCCCCCCCCCC)cc(C(=O)NCCN(CCC(=O)OC)CCC(=O)OC)c1. The molecule has 0 fully saturated rings. The summed E-state index contributed by atoms with van der Waals surface area (Å²) in [5.41, 5.74) is 0.485. The van der Waals surface area contributed by atoms with Crippen LogP contribution in [0.3, 0.4) is 0 Å². The highest BCUT2D eigenvalue weighted by Crippen LogP contribution is 2.24. The van der Waals surface area contributed by atoms with Crippen molar-refractivity contribution in [3.05, 3.63) is 23.8 Å². The van der Waals surface area contributed by atoms with Crippen LogP contribution < -0.4 is 14.8 Å². The van der Waals surface area contributed by atoms with E-state index < -0.39 is 0 Å². The van der Waals surface area contributed by atoms with E-state index in [0.717, 1.165) is 25.7 Å². The Kier molecular flexibility index (Phi) is 29.0. The third kappa shape index (κ3) is 25.2. The Bertz CT molecular complexity index is 939. The number of esters is 2. The third-order valence-corrected chi connectivity index (χ3v) is 9.11. The number of carbonyl (C=O) groups excluding carboxylic acids is 3. The van der Waals surface area contributed by atoms with Gasteiger partial charge in [0.25, 0.3) is 5.91 Å². The van der Waals surface area contributed by atoms with Crippen LogP contribution in [-0.4, -0.2) is 76.4 Å². The lowest BCUT2D eigenvalue weighted by Gasteiger charge is -2.21. The molecular weight excluding hydrogens is 632 g/mol. The van der Waals surface area contributed by atoms with Gasteiger partial charge in [-0.25, -0.2) is 0 Å². The van der Waals surface area contributed by atoms with E-state index in [9.17, 15) is 14.4 Å². The Balaban J connectivity index is 2.66. The summed E-state index contributed by atoms with van der Waals surface area (Å²) in [4.78, 5) is 38.6. The zero-order chi connectivity index (χ0) is 36.5. The standard InChI is InChI=1S/C41H72N2O7/c1-5-7-9-11-13-15-17-19-21-23-31-49-37-33-36(34-38(35-37)50-32-24-22-20-18-16-14-12-10-8-6-2)41(46)42-27-30-43(28-25-39(44)47-3)29-26-40(45)48-4/h33-35H,5-32H2,1-4H3,(H,42,46). The van der Waals surface area contributed by atoms with Gasteiger partial charge in [-0.05, 0) is 25.0 Å². The molecule has 9 nitrogen and oxygen atoms in total. The lowest BCUT2D eigenvalue weighted by atomic mass is 10.1. The predicted octanol–water partition coefficient (Wildman–Crippen LogP) is 9.44. The van der Waals surface area contributed by atoms with Gasteiger partial charge in [0, 0.05) is 37.8 Å². The fourth-order valence-electron chi connectivity index (χ4n) is 5.90. The molecular formula is C41H72N2O7. The molecule has 0 radical (unpaired) electrons. The number of nitrogens with zero attached hydrogens (tertiary/aromatic N) is 1. The second kappa shape index (κ2) is 32.1. The Morgan fingerprint density at radius 3 is 1.30 bits per heavy atom. The quantitative estimate of drug-likeness (QED) is 0.0559. The summed E-state index contributed by atoms with van der Waals surface area (Å²) >= 11 is 0. The van der Waals surface area contributed by atoms with Crippen LogP contribution in [0.4, 0.5) is 0 Å². The Morgan fingerprint density at radius 2 is 0.920 bits per heavy atom. The normalized spacial score (nSPS) is 11.1. The first-order valence-electron chi connectivity index (χ1n) is 20.0. The maximum Gasteiger partial charge on any atom is 0.306 e. The maximum absolute atomic E-state index is 13.3. The highest BCUT2D eigenvalue weighted by Gasteiger charge is 2.14. The first kappa shape index (κ1) is 45.2. The highest BCUT2D eigenvalue weighted by molar-refractivity contribution is 5.95. The molecule has 0 unspecified atom stereocenters. The fraction of sp³-hybridized carbons (Fsp3) is 0.780. The lowest BCUT2D eigenvalue weighted by molar-refractivity contribution is -0.141. The van der Waals surface area contributed by atoms with E-state index >= 15 is 0 Å². The van der Waals surface area contributed by atoms with Gasteiger partial charge in [-0.15, -0.1) is 0 Å². The first-order valence-corrected chi connectivity index (χ1v) is 20.0. The molecule has 0 aliphatic heterocycles. The maximum atomic E-state index is 13.3. The third-order valence-electron chi connectivity index (χ3n) is 9.11. The number of benzene rings is 1. The van der Waals surface area contributed by atoms with Gasteiger partial charge in [-0.1, -0.05) is 129 Å². The van der Waals surface area contributed by atoms with Gasteiger partial charge in [0.15, 0.2) is 0 Å². The Labute approximate surface area is 304 Å². The molecule has 50 heavy (non-hydrogen) atoms. The van der Waals surface area contributed by atoms with Crippen LogP contribution in [0.5, 0.6) is 11.5 Å². The van der Waals surface area contributed by atoms with Crippen molar-refractivity contribution in [2.45, 2.75) is 155 Å². The number of unbranched alkanes of at least 4 members (excludes halogenated alkanes) is 18. The molecule has 0 saturated carbocycles.